The van der Waals surface area contributed by atoms with Crippen molar-refractivity contribution in [2.75, 3.05) is 6.61 Å². The third kappa shape index (κ3) is 12.6. The maximum Gasteiger partial charge on any atom is 0.407 e. The number of unbranched alkanes of at least 4 members (excludes halogenated alkanes) is 3. The Labute approximate surface area is 181 Å². The van der Waals surface area contributed by atoms with Crippen LogP contribution in [0.3, 0.4) is 0 Å². The largest absolute Gasteiger partial charge is 0.444 e. The Morgan fingerprint density at radius 1 is 1.03 bits per heavy atom. The molecule has 0 unspecified atom stereocenters. The molecule has 1 aromatic rings. The first kappa shape index (κ1) is 26.1. The number of Topliss-reactive ketones (excluding diaryl/α,β-unsaturated/α-hetero) is 1. The number of hydrogen-bond acceptors (Lipinski definition) is 5. The minimum Gasteiger partial charge on any atom is -0.444 e. The third-order valence-corrected chi connectivity index (χ3v) is 4.68. The molecule has 1 aromatic carbocycles. The molecule has 0 aromatic heterocycles. The van der Waals surface area contributed by atoms with Crippen LogP contribution < -0.4 is 5.32 Å². The zero-order valence-electron chi connectivity index (χ0n) is 19.0. The highest BCUT2D eigenvalue weighted by atomic mass is 16.6. The van der Waals surface area contributed by atoms with Gasteiger partial charge in [-0.1, -0.05) is 43.2 Å². The Balaban J connectivity index is 2.56. The number of benzene rings is 1. The normalized spacial score (nSPS) is 13.5. The number of rotatable bonds is 14. The van der Waals surface area contributed by atoms with E-state index in [9.17, 15) is 9.59 Å². The molecule has 0 saturated carbocycles. The van der Waals surface area contributed by atoms with Gasteiger partial charge in [-0.3, -0.25) is 4.79 Å². The van der Waals surface area contributed by atoms with Gasteiger partial charge in [0.15, 0.2) is 0 Å². The molecule has 0 aliphatic heterocycles. The molecule has 2 atom stereocenters. The van der Waals surface area contributed by atoms with Crippen molar-refractivity contribution in [1.29, 1.82) is 0 Å². The summed E-state index contributed by atoms with van der Waals surface area (Å²) in [5.74, 6) is 0.205. The van der Waals surface area contributed by atoms with E-state index >= 15 is 0 Å². The second-order valence-corrected chi connectivity index (χ2v) is 8.74. The molecule has 30 heavy (non-hydrogen) atoms. The first-order chi connectivity index (χ1) is 14.2. The fraction of sp³-hybridized carbons (Fsp3) is 0.667. The van der Waals surface area contributed by atoms with Crippen LogP contribution in [0.25, 0.3) is 0 Å². The van der Waals surface area contributed by atoms with Crippen molar-refractivity contribution < 1.29 is 24.2 Å². The molecule has 0 fully saturated rings. The summed E-state index contributed by atoms with van der Waals surface area (Å²) in [7, 11) is 0. The van der Waals surface area contributed by atoms with E-state index in [1.165, 1.54) is 0 Å². The lowest BCUT2D eigenvalue weighted by Crippen LogP contribution is -2.44. The number of ketones is 1. The monoisotopic (exact) mass is 421 g/mol. The van der Waals surface area contributed by atoms with Gasteiger partial charge in [-0.05, 0) is 52.5 Å². The SMILES string of the molecule is C[C@H](NC(=O)OC(C)(C)C)[C@H](CCC(=O)CCCCCCO)OCc1ccccc1. The predicted octanol–water partition coefficient (Wildman–Crippen LogP) is 4.78. The Kier molecular flexibility index (Phi) is 12.3. The summed E-state index contributed by atoms with van der Waals surface area (Å²) < 4.78 is 11.4. The summed E-state index contributed by atoms with van der Waals surface area (Å²) in [6, 6.07) is 9.54. The molecule has 170 valence electrons. The van der Waals surface area contributed by atoms with Gasteiger partial charge in [-0.15, -0.1) is 0 Å². The first-order valence-corrected chi connectivity index (χ1v) is 11.0. The van der Waals surface area contributed by atoms with Gasteiger partial charge in [0.2, 0.25) is 0 Å². The zero-order valence-corrected chi connectivity index (χ0v) is 19.0. The highest BCUT2D eigenvalue weighted by Crippen LogP contribution is 2.15. The zero-order chi connectivity index (χ0) is 22.4. The summed E-state index contributed by atoms with van der Waals surface area (Å²) in [6.07, 6.45) is 4.26. The average molecular weight is 422 g/mol. The van der Waals surface area contributed by atoms with Gasteiger partial charge >= 0.3 is 6.09 Å². The van der Waals surface area contributed by atoms with E-state index in [4.69, 9.17) is 14.6 Å². The lowest BCUT2D eigenvalue weighted by molar-refractivity contribution is -0.120. The number of aliphatic hydroxyl groups is 1. The van der Waals surface area contributed by atoms with Crippen molar-refractivity contribution in [3.8, 4) is 0 Å². The molecule has 1 rings (SSSR count). The smallest absolute Gasteiger partial charge is 0.407 e. The molecule has 6 nitrogen and oxygen atoms in total. The number of carbonyl (C=O) groups excluding carboxylic acids is 2. The lowest BCUT2D eigenvalue weighted by Gasteiger charge is -2.27. The van der Waals surface area contributed by atoms with Crippen LogP contribution in [0.4, 0.5) is 4.79 Å². The van der Waals surface area contributed by atoms with Crippen LogP contribution in [0.5, 0.6) is 0 Å². The van der Waals surface area contributed by atoms with Crippen LogP contribution in [0.2, 0.25) is 0 Å². The maximum atomic E-state index is 12.3. The van der Waals surface area contributed by atoms with E-state index < -0.39 is 11.7 Å². The molecule has 0 aliphatic carbocycles. The Bertz CT molecular complexity index is 612. The van der Waals surface area contributed by atoms with Crippen LogP contribution >= 0.6 is 0 Å². The second-order valence-electron chi connectivity index (χ2n) is 8.74. The molecule has 0 saturated heterocycles. The van der Waals surface area contributed by atoms with Crippen LogP contribution in [0.15, 0.2) is 30.3 Å². The first-order valence-electron chi connectivity index (χ1n) is 11.0. The molecule has 0 spiro atoms. The highest BCUT2D eigenvalue weighted by Gasteiger charge is 2.24. The number of alkyl carbamates (subject to hydrolysis) is 1. The van der Waals surface area contributed by atoms with E-state index in [0.717, 1.165) is 31.2 Å². The van der Waals surface area contributed by atoms with Gasteiger partial charge in [0, 0.05) is 19.4 Å². The molecule has 6 heteroatoms. The van der Waals surface area contributed by atoms with E-state index in [2.05, 4.69) is 5.32 Å². The van der Waals surface area contributed by atoms with E-state index in [1.807, 2.05) is 58.0 Å². The van der Waals surface area contributed by atoms with Gasteiger partial charge in [0.1, 0.15) is 11.4 Å². The van der Waals surface area contributed by atoms with Gasteiger partial charge in [-0.25, -0.2) is 4.79 Å². The van der Waals surface area contributed by atoms with E-state index in [0.29, 0.717) is 25.9 Å². The standard InChI is InChI=1S/C24H39NO5/c1-19(25-23(28)30-24(2,3)4)22(29-18-20-12-8-7-9-13-20)16-15-21(27)14-10-5-6-11-17-26/h7-9,12-13,19,22,26H,5-6,10-11,14-18H2,1-4H3,(H,25,28)/t19-,22-/m0/s1. The predicted molar refractivity (Wildman–Crippen MR) is 118 cm³/mol. The molecule has 2 N–H and O–H groups in total. The summed E-state index contributed by atoms with van der Waals surface area (Å²) in [5, 5.41) is 11.7. The van der Waals surface area contributed by atoms with Gasteiger partial charge < -0.3 is 19.9 Å². The van der Waals surface area contributed by atoms with Crippen molar-refractivity contribution >= 4 is 11.9 Å². The van der Waals surface area contributed by atoms with Crippen LogP contribution in [0, 0.1) is 0 Å². The van der Waals surface area contributed by atoms with Crippen molar-refractivity contribution in [2.45, 2.75) is 97.0 Å². The van der Waals surface area contributed by atoms with Crippen LogP contribution in [0.1, 0.15) is 78.2 Å². The molecule has 0 aliphatic rings. The Morgan fingerprint density at radius 3 is 2.33 bits per heavy atom. The van der Waals surface area contributed by atoms with Crippen LogP contribution in [-0.2, 0) is 20.9 Å². The number of carbonyl (C=O) groups is 2. The molecule has 0 bridgehead atoms. The van der Waals surface area contributed by atoms with Crippen molar-refractivity contribution in [3.05, 3.63) is 35.9 Å². The molecule has 0 heterocycles. The minimum absolute atomic E-state index is 0.205. The Morgan fingerprint density at radius 2 is 1.70 bits per heavy atom. The number of hydrogen-bond donors (Lipinski definition) is 2. The van der Waals surface area contributed by atoms with Crippen molar-refractivity contribution in [2.24, 2.45) is 0 Å². The number of nitrogens with one attached hydrogen (secondary N) is 1. The Hall–Kier alpha value is -1.92. The topological polar surface area (TPSA) is 84.9 Å². The van der Waals surface area contributed by atoms with Gasteiger partial charge in [0.25, 0.3) is 0 Å². The second kappa shape index (κ2) is 14.1. The average Bonchev–Trinajstić information content (AvgIpc) is 2.67. The van der Waals surface area contributed by atoms with E-state index in [1.54, 1.807) is 0 Å². The summed E-state index contributed by atoms with van der Waals surface area (Å²) in [5.41, 5.74) is 0.470. The van der Waals surface area contributed by atoms with Gasteiger partial charge in [0.05, 0.1) is 18.8 Å². The summed E-state index contributed by atoms with van der Waals surface area (Å²) >= 11 is 0. The van der Waals surface area contributed by atoms with Gasteiger partial charge in [-0.2, -0.15) is 0 Å². The number of ether oxygens (including phenoxy) is 2. The number of amides is 1. The molecule has 0 radical (unpaired) electrons. The molecular weight excluding hydrogens is 382 g/mol. The summed E-state index contributed by atoms with van der Waals surface area (Å²) in [4.78, 5) is 24.4. The van der Waals surface area contributed by atoms with E-state index in [-0.39, 0.29) is 24.5 Å². The summed E-state index contributed by atoms with van der Waals surface area (Å²) in [6.45, 7) is 7.95. The highest BCUT2D eigenvalue weighted by molar-refractivity contribution is 5.78. The third-order valence-electron chi connectivity index (χ3n) is 4.68. The molecular formula is C24H39NO5. The maximum absolute atomic E-state index is 12.3. The quantitative estimate of drug-likeness (QED) is 0.422. The number of aliphatic hydroxyl groups excluding tert-OH is 1. The van der Waals surface area contributed by atoms with Crippen molar-refractivity contribution in [1.82, 2.24) is 5.32 Å². The fourth-order valence-corrected chi connectivity index (χ4v) is 3.06. The fourth-order valence-electron chi connectivity index (χ4n) is 3.06. The van der Waals surface area contributed by atoms with Crippen LogP contribution in [-0.4, -0.2) is 41.3 Å². The molecule has 1 amide bonds. The minimum atomic E-state index is -0.573. The lowest BCUT2D eigenvalue weighted by atomic mass is 10.0. The van der Waals surface area contributed by atoms with Crippen molar-refractivity contribution in [3.63, 3.8) is 0 Å².